The highest BCUT2D eigenvalue weighted by molar-refractivity contribution is 9.10. The lowest BCUT2D eigenvalue weighted by Crippen LogP contribution is -2.14. The summed E-state index contributed by atoms with van der Waals surface area (Å²) in [6, 6.07) is 2.91. The van der Waals surface area contributed by atoms with Gasteiger partial charge in [-0.05, 0) is 50.2 Å². The number of benzene rings is 1. The van der Waals surface area contributed by atoms with E-state index in [1.54, 1.807) is 6.07 Å². The van der Waals surface area contributed by atoms with Gasteiger partial charge in [-0.3, -0.25) is 4.79 Å². The molecule has 0 saturated carbocycles. The van der Waals surface area contributed by atoms with E-state index in [0.29, 0.717) is 28.8 Å². The average molecular weight is 376 g/mol. The lowest BCUT2D eigenvalue weighted by atomic mass is 10.1. The monoisotopic (exact) mass is 375 g/mol. The maximum absolute atomic E-state index is 13.9. The second-order valence-electron chi connectivity index (χ2n) is 4.94. The van der Waals surface area contributed by atoms with E-state index in [-0.39, 0.29) is 17.7 Å². The Kier molecular flexibility index (Phi) is 7.25. The lowest BCUT2D eigenvalue weighted by Gasteiger charge is -2.13. The van der Waals surface area contributed by atoms with E-state index in [1.807, 2.05) is 20.8 Å². The number of carbonyl (C=O) groups excluding carboxylic acids is 1. The van der Waals surface area contributed by atoms with Crippen molar-refractivity contribution in [3.05, 3.63) is 28.0 Å². The molecule has 1 amide bonds. The molecule has 6 heteroatoms. The Morgan fingerprint density at radius 2 is 2.14 bits per heavy atom. The molecular weight excluding hydrogens is 357 g/mol. The van der Waals surface area contributed by atoms with Crippen LogP contribution in [-0.2, 0) is 16.0 Å². The topological polar surface area (TPSA) is 38.3 Å². The van der Waals surface area contributed by atoms with Gasteiger partial charge in [0.05, 0.1) is 11.8 Å². The fourth-order valence-electron chi connectivity index (χ4n) is 1.72. The Balaban J connectivity index is 2.90. The summed E-state index contributed by atoms with van der Waals surface area (Å²) < 4.78 is 19.9. The molecule has 0 saturated heterocycles. The smallest absolute Gasteiger partial charge is 0.224 e. The highest BCUT2D eigenvalue weighted by atomic mass is 79.9. The zero-order valence-electron chi connectivity index (χ0n) is 12.3. The minimum absolute atomic E-state index is 0.000418. The van der Waals surface area contributed by atoms with Crippen LogP contribution in [0, 0.1) is 5.82 Å². The zero-order valence-corrected chi connectivity index (χ0v) is 14.7. The minimum Gasteiger partial charge on any atom is -0.484 e. The number of amides is 1. The quantitative estimate of drug-likeness (QED) is 0.737. The molecule has 1 rings (SSSR count). The number of hydrogen-bond acceptors (Lipinski definition) is 3. The largest absolute Gasteiger partial charge is 0.484 e. The van der Waals surface area contributed by atoms with Crippen molar-refractivity contribution >= 4 is 44.8 Å². The zero-order chi connectivity index (χ0) is 16.0. The van der Waals surface area contributed by atoms with Gasteiger partial charge in [-0.1, -0.05) is 22.9 Å². The molecule has 1 aromatic rings. The first-order valence-corrected chi connectivity index (χ1v) is 8.00. The highest BCUT2D eigenvalue weighted by Gasteiger charge is 2.13. The Labute approximate surface area is 138 Å². The summed E-state index contributed by atoms with van der Waals surface area (Å²) in [6.07, 6.45) is 1.45. The summed E-state index contributed by atoms with van der Waals surface area (Å²) in [5.74, 6) is -0.684. The van der Waals surface area contributed by atoms with Crippen LogP contribution in [0.1, 0.15) is 39.2 Å². The van der Waals surface area contributed by atoms with Crippen LogP contribution in [0.15, 0.2) is 16.6 Å². The van der Waals surface area contributed by atoms with E-state index in [4.69, 9.17) is 17.0 Å². The third-order valence-corrected chi connectivity index (χ3v) is 3.57. The lowest BCUT2D eigenvalue weighted by molar-refractivity contribution is -0.116. The molecule has 0 aliphatic heterocycles. The van der Waals surface area contributed by atoms with Gasteiger partial charge in [0.1, 0.15) is 5.82 Å². The molecule has 0 heterocycles. The fourth-order valence-corrected chi connectivity index (χ4v) is 2.53. The van der Waals surface area contributed by atoms with Crippen molar-refractivity contribution in [2.75, 3.05) is 5.32 Å². The number of carbonyl (C=O) groups is 1. The van der Waals surface area contributed by atoms with Crippen molar-refractivity contribution in [1.82, 2.24) is 0 Å². The molecular formula is C15H19BrFNO2S. The molecule has 1 aromatic carbocycles. The van der Waals surface area contributed by atoms with Gasteiger partial charge in [0, 0.05) is 17.3 Å². The normalized spacial score (nSPS) is 10.6. The van der Waals surface area contributed by atoms with Crippen molar-refractivity contribution in [2.24, 2.45) is 0 Å². The van der Waals surface area contributed by atoms with Crippen LogP contribution in [-0.4, -0.2) is 17.1 Å². The maximum atomic E-state index is 13.9. The number of thiocarbonyl (C=S) groups is 1. The van der Waals surface area contributed by atoms with Gasteiger partial charge in [0.15, 0.2) is 5.05 Å². The number of ether oxygens (including phenoxy) is 1. The van der Waals surface area contributed by atoms with Crippen LogP contribution in [0.25, 0.3) is 0 Å². The van der Waals surface area contributed by atoms with Crippen LogP contribution < -0.4 is 5.32 Å². The van der Waals surface area contributed by atoms with Crippen LogP contribution >= 0.6 is 28.1 Å². The summed E-state index contributed by atoms with van der Waals surface area (Å²) in [6.45, 7) is 5.68. The first kappa shape index (κ1) is 18.0. The molecule has 0 atom stereocenters. The van der Waals surface area contributed by atoms with Crippen molar-refractivity contribution < 1.29 is 13.9 Å². The summed E-state index contributed by atoms with van der Waals surface area (Å²) in [4.78, 5) is 11.6. The molecule has 116 valence electrons. The Morgan fingerprint density at radius 1 is 1.48 bits per heavy atom. The van der Waals surface area contributed by atoms with E-state index >= 15 is 0 Å². The molecule has 0 radical (unpaired) electrons. The van der Waals surface area contributed by atoms with Crippen molar-refractivity contribution in [1.29, 1.82) is 0 Å². The number of anilines is 1. The van der Waals surface area contributed by atoms with Gasteiger partial charge >= 0.3 is 0 Å². The third-order valence-electron chi connectivity index (χ3n) is 2.59. The molecule has 0 aromatic heterocycles. The number of halogens is 2. The third kappa shape index (κ3) is 6.09. The van der Waals surface area contributed by atoms with E-state index in [9.17, 15) is 9.18 Å². The molecule has 0 unspecified atom stereocenters. The fraction of sp³-hybridized carbons (Fsp3) is 0.467. The predicted octanol–water partition coefficient (Wildman–Crippen LogP) is 4.62. The molecule has 0 spiro atoms. The van der Waals surface area contributed by atoms with E-state index in [0.717, 1.165) is 5.56 Å². The van der Waals surface area contributed by atoms with Gasteiger partial charge in [-0.15, -0.1) is 0 Å². The predicted molar refractivity (Wildman–Crippen MR) is 90.2 cm³/mol. The van der Waals surface area contributed by atoms with Crippen LogP contribution in [0.3, 0.4) is 0 Å². The summed E-state index contributed by atoms with van der Waals surface area (Å²) in [5.41, 5.74) is 0.938. The summed E-state index contributed by atoms with van der Waals surface area (Å²) >= 11 is 8.46. The van der Waals surface area contributed by atoms with E-state index in [1.165, 1.54) is 6.07 Å². The number of hydrogen-bond donors (Lipinski definition) is 1. The van der Waals surface area contributed by atoms with Gasteiger partial charge in [-0.2, -0.15) is 0 Å². The molecule has 0 aliphatic rings. The molecule has 0 bridgehead atoms. The standard InChI is InChI=1S/C15H19BrFNO2S/c1-4-5-14(19)18-13-6-10(11(16)8-12(13)17)7-15(21)20-9(2)3/h6,8-9H,4-5,7H2,1-3H3,(H,18,19). The second kappa shape index (κ2) is 8.44. The van der Waals surface area contributed by atoms with Crippen LogP contribution in [0.2, 0.25) is 0 Å². The van der Waals surface area contributed by atoms with Gasteiger partial charge in [0.25, 0.3) is 0 Å². The molecule has 1 N–H and O–H groups in total. The summed E-state index contributed by atoms with van der Waals surface area (Å²) in [5, 5.41) is 3.01. The van der Waals surface area contributed by atoms with Gasteiger partial charge < -0.3 is 10.1 Å². The Hall–Kier alpha value is -1.01. The molecule has 0 fully saturated rings. The number of rotatable bonds is 6. The summed E-state index contributed by atoms with van der Waals surface area (Å²) in [7, 11) is 0. The van der Waals surface area contributed by atoms with Crippen molar-refractivity contribution in [2.45, 2.75) is 46.1 Å². The first-order valence-electron chi connectivity index (χ1n) is 6.80. The second-order valence-corrected chi connectivity index (χ2v) is 6.25. The van der Waals surface area contributed by atoms with Gasteiger partial charge in [0.2, 0.25) is 5.91 Å². The van der Waals surface area contributed by atoms with Crippen LogP contribution in [0.5, 0.6) is 0 Å². The number of nitrogens with one attached hydrogen (secondary N) is 1. The molecule has 0 aliphatic carbocycles. The Bertz CT molecular complexity index is 535. The molecule has 3 nitrogen and oxygen atoms in total. The first-order chi connectivity index (χ1) is 9.83. The molecule has 21 heavy (non-hydrogen) atoms. The van der Waals surface area contributed by atoms with Crippen molar-refractivity contribution in [3.8, 4) is 0 Å². The average Bonchev–Trinajstić information content (AvgIpc) is 2.34. The van der Waals surface area contributed by atoms with Crippen LogP contribution in [0.4, 0.5) is 10.1 Å². The highest BCUT2D eigenvalue weighted by Crippen LogP contribution is 2.26. The maximum Gasteiger partial charge on any atom is 0.224 e. The van der Waals surface area contributed by atoms with Gasteiger partial charge in [-0.25, -0.2) is 4.39 Å². The van der Waals surface area contributed by atoms with Crippen molar-refractivity contribution in [3.63, 3.8) is 0 Å². The van der Waals surface area contributed by atoms with E-state index < -0.39 is 5.82 Å². The minimum atomic E-state index is -0.481. The van der Waals surface area contributed by atoms with E-state index in [2.05, 4.69) is 21.2 Å². The Morgan fingerprint density at radius 3 is 2.71 bits per heavy atom. The SMILES string of the molecule is CCCC(=O)Nc1cc(CC(=S)OC(C)C)c(Br)cc1F.